The van der Waals surface area contributed by atoms with E-state index in [4.69, 9.17) is 9.47 Å². The number of ether oxygens (including phenoxy) is 2. The molecule has 1 aliphatic heterocycles. The van der Waals surface area contributed by atoms with Gasteiger partial charge >= 0.3 is 0 Å². The summed E-state index contributed by atoms with van der Waals surface area (Å²) in [6.07, 6.45) is 2.05. The topological polar surface area (TPSA) is 18.5 Å². The Labute approximate surface area is 98.0 Å². The van der Waals surface area contributed by atoms with Crippen molar-refractivity contribution in [1.29, 1.82) is 0 Å². The highest BCUT2D eigenvalue weighted by Crippen LogP contribution is 2.44. The number of halogens is 1. The zero-order valence-corrected chi connectivity index (χ0v) is 10.6. The van der Waals surface area contributed by atoms with Gasteiger partial charge in [0, 0.05) is 10.0 Å². The molecule has 0 saturated carbocycles. The van der Waals surface area contributed by atoms with Crippen LogP contribution in [0.3, 0.4) is 0 Å². The van der Waals surface area contributed by atoms with Crippen molar-refractivity contribution in [2.24, 2.45) is 0 Å². The fraction of sp³-hybridized carbons (Fsp3) is 0.333. The van der Waals surface area contributed by atoms with Crippen LogP contribution in [0.1, 0.15) is 19.4 Å². The van der Waals surface area contributed by atoms with Gasteiger partial charge in [0.15, 0.2) is 11.5 Å². The van der Waals surface area contributed by atoms with Gasteiger partial charge in [0.25, 0.3) is 0 Å². The third-order valence-corrected chi connectivity index (χ3v) is 2.95. The maximum absolute atomic E-state index is 5.88. The highest BCUT2D eigenvalue weighted by molar-refractivity contribution is 9.15. The molecule has 80 valence electrons. The van der Waals surface area contributed by atoms with Crippen molar-refractivity contribution in [3.63, 3.8) is 0 Å². The van der Waals surface area contributed by atoms with Gasteiger partial charge in [-0.3, -0.25) is 0 Å². The minimum absolute atomic E-state index is 0.305. The van der Waals surface area contributed by atoms with Gasteiger partial charge in [-0.15, -0.1) is 0 Å². The van der Waals surface area contributed by atoms with E-state index >= 15 is 0 Å². The van der Waals surface area contributed by atoms with E-state index in [-0.39, 0.29) is 5.60 Å². The summed E-state index contributed by atoms with van der Waals surface area (Å²) in [6.45, 7) is 4.04. The Morgan fingerprint density at radius 2 is 2.07 bits per heavy atom. The van der Waals surface area contributed by atoms with Crippen molar-refractivity contribution in [1.82, 2.24) is 0 Å². The molecular formula is C12H13BrO2. The molecule has 0 aromatic heterocycles. The van der Waals surface area contributed by atoms with Crippen LogP contribution >= 0.6 is 15.9 Å². The second-order valence-electron chi connectivity index (χ2n) is 4.03. The van der Waals surface area contributed by atoms with Crippen LogP contribution in [0.2, 0.25) is 0 Å². The standard InChI is InChI=1S/C12H13BrO2/c1-12(2)7-9(13)8-5-4-6-10(14-3)11(8)15-12/h4-7H,1-3H3. The molecule has 1 heterocycles. The molecule has 2 nitrogen and oxygen atoms in total. The normalized spacial score (nSPS) is 17.5. The van der Waals surface area contributed by atoms with Crippen LogP contribution in [0.4, 0.5) is 0 Å². The molecule has 1 aromatic rings. The van der Waals surface area contributed by atoms with Crippen molar-refractivity contribution in [2.75, 3.05) is 7.11 Å². The van der Waals surface area contributed by atoms with Gasteiger partial charge in [-0.2, -0.15) is 0 Å². The summed E-state index contributed by atoms with van der Waals surface area (Å²) in [5.74, 6) is 1.57. The Bertz CT molecular complexity index is 422. The minimum atomic E-state index is -0.305. The molecule has 0 amide bonds. The number of benzene rings is 1. The van der Waals surface area contributed by atoms with Gasteiger partial charge in [0.2, 0.25) is 0 Å². The third kappa shape index (κ3) is 1.88. The highest BCUT2D eigenvalue weighted by atomic mass is 79.9. The summed E-state index contributed by atoms with van der Waals surface area (Å²) < 4.78 is 12.2. The first-order valence-electron chi connectivity index (χ1n) is 4.78. The van der Waals surface area contributed by atoms with E-state index in [2.05, 4.69) is 22.0 Å². The predicted molar refractivity (Wildman–Crippen MR) is 64.6 cm³/mol. The molecule has 1 aliphatic rings. The molecule has 0 fully saturated rings. The minimum Gasteiger partial charge on any atom is -0.493 e. The van der Waals surface area contributed by atoms with Crippen molar-refractivity contribution in [3.8, 4) is 11.5 Å². The zero-order chi connectivity index (χ0) is 11.1. The Kier molecular flexibility index (Phi) is 2.51. The predicted octanol–water partition coefficient (Wildman–Crippen LogP) is 3.60. The van der Waals surface area contributed by atoms with E-state index in [0.717, 1.165) is 21.5 Å². The molecule has 2 rings (SSSR count). The van der Waals surface area contributed by atoms with Crippen LogP contribution < -0.4 is 9.47 Å². The Morgan fingerprint density at radius 1 is 1.33 bits per heavy atom. The van der Waals surface area contributed by atoms with Gasteiger partial charge in [-0.25, -0.2) is 0 Å². The van der Waals surface area contributed by atoms with Crippen molar-refractivity contribution in [3.05, 3.63) is 29.8 Å². The fourth-order valence-corrected chi connectivity index (χ4v) is 2.51. The third-order valence-electron chi connectivity index (χ3n) is 2.30. The summed E-state index contributed by atoms with van der Waals surface area (Å²) in [4.78, 5) is 0. The van der Waals surface area contributed by atoms with Gasteiger partial charge in [-0.1, -0.05) is 22.0 Å². The highest BCUT2D eigenvalue weighted by Gasteiger charge is 2.27. The lowest BCUT2D eigenvalue weighted by atomic mass is 10.0. The summed E-state index contributed by atoms with van der Waals surface area (Å²) in [6, 6.07) is 5.86. The lowest BCUT2D eigenvalue weighted by Gasteiger charge is -2.30. The largest absolute Gasteiger partial charge is 0.493 e. The molecular weight excluding hydrogens is 256 g/mol. The first-order chi connectivity index (χ1) is 7.03. The average Bonchev–Trinajstić information content (AvgIpc) is 2.15. The van der Waals surface area contributed by atoms with E-state index in [1.54, 1.807) is 7.11 Å². The summed E-state index contributed by atoms with van der Waals surface area (Å²) in [7, 11) is 1.65. The molecule has 0 N–H and O–H groups in total. The van der Waals surface area contributed by atoms with Gasteiger partial charge in [0.05, 0.1) is 7.11 Å². The molecule has 0 aliphatic carbocycles. The van der Waals surface area contributed by atoms with E-state index < -0.39 is 0 Å². The Hall–Kier alpha value is -0.960. The molecule has 0 spiro atoms. The summed E-state index contributed by atoms with van der Waals surface area (Å²) in [5.41, 5.74) is 0.731. The zero-order valence-electron chi connectivity index (χ0n) is 9.00. The monoisotopic (exact) mass is 268 g/mol. The number of methoxy groups -OCH3 is 1. The van der Waals surface area contributed by atoms with Crippen molar-refractivity contribution >= 4 is 20.4 Å². The van der Waals surface area contributed by atoms with Gasteiger partial charge < -0.3 is 9.47 Å². The van der Waals surface area contributed by atoms with E-state index in [1.165, 1.54) is 0 Å². The quantitative estimate of drug-likeness (QED) is 0.775. The first kappa shape index (κ1) is 10.6. The van der Waals surface area contributed by atoms with Crippen LogP contribution in [-0.2, 0) is 0 Å². The smallest absolute Gasteiger partial charge is 0.170 e. The van der Waals surface area contributed by atoms with Crippen LogP contribution in [0, 0.1) is 0 Å². The van der Waals surface area contributed by atoms with Gasteiger partial charge in [-0.05, 0) is 32.1 Å². The second-order valence-corrected chi connectivity index (χ2v) is 4.89. The Balaban J connectivity index is 2.59. The van der Waals surface area contributed by atoms with Crippen LogP contribution in [0.25, 0.3) is 4.48 Å². The van der Waals surface area contributed by atoms with Gasteiger partial charge in [0.1, 0.15) is 5.60 Å². The number of hydrogen-bond acceptors (Lipinski definition) is 2. The lowest BCUT2D eigenvalue weighted by molar-refractivity contribution is 0.152. The molecule has 3 heteroatoms. The second kappa shape index (κ2) is 3.56. The van der Waals surface area contributed by atoms with Crippen molar-refractivity contribution < 1.29 is 9.47 Å². The van der Waals surface area contributed by atoms with Crippen LogP contribution in [0.5, 0.6) is 11.5 Å². The number of hydrogen-bond donors (Lipinski definition) is 0. The molecule has 0 bridgehead atoms. The molecule has 15 heavy (non-hydrogen) atoms. The molecule has 0 saturated heterocycles. The maximum atomic E-state index is 5.88. The fourth-order valence-electron chi connectivity index (χ4n) is 1.65. The maximum Gasteiger partial charge on any atom is 0.170 e. The van der Waals surface area contributed by atoms with Crippen molar-refractivity contribution in [2.45, 2.75) is 19.4 Å². The van der Waals surface area contributed by atoms with E-state index in [1.807, 2.05) is 32.0 Å². The number of rotatable bonds is 1. The summed E-state index contributed by atoms with van der Waals surface area (Å²) >= 11 is 3.55. The number of para-hydroxylation sites is 1. The van der Waals surface area contributed by atoms with Crippen LogP contribution in [-0.4, -0.2) is 12.7 Å². The molecule has 0 radical (unpaired) electrons. The molecule has 1 aromatic carbocycles. The summed E-state index contributed by atoms with van der Waals surface area (Å²) in [5, 5.41) is 0. The lowest BCUT2D eigenvalue weighted by Crippen LogP contribution is -2.28. The van der Waals surface area contributed by atoms with E-state index in [9.17, 15) is 0 Å². The SMILES string of the molecule is COc1cccc2c1OC(C)(C)C=C2Br. The average molecular weight is 269 g/mol. The Morgan fingerprint density at radius 3 is 2.73 bits per heavy atom. The van der Waals surface area contributed by atoms with Crippen LogP contribution in [0.15, 0.2) is 24.3 Å². The van der Waals surface area contributed by atoms with E-state index in [0.29, 0.717) is 0 Å². The first-order valence-corrected chi connectivity index (χ1v) is 5.57. The molecule has 0 atom stereocenters. The molecule has 0 unspecified atom stereocenters. The number of fused-ring (bicyclic) bond motifs is 1.